The number of aromatic nitrogens is 4. The normalized spacial score (nSPS) is 13.2. The van der Waals surface area contributed by atoms with Gasteiger partial charge in [-0.3, -0.25) is 4.55 Å². The Kier molecular flexibility index (Phi) is 5.19. The molecule has 0 saturated heterocycles. The van der Waals surface area contributed by atoms with Gasteiger partial charge in [-0.1, -0.05) is 36.9 Å². The highest BCUT2D eigenvalue weighted by Gasteiger charge is 2.20. The van der Waals surface area contributed by atoms with Gasteiger partial charge in [0.1, 0.15) is 18.9 Å². The van der Waals surface area contributed by atoms with E-state index in [-0.39, 0.29) is 10.7 Å². The minimum absolute atomic E-state index is 0.100. The Morgan fingerprint density at radius 1 is 1.20 bits per heavy atom. The molecule has 7 nitrogen and oxygen atoms in total. The monoisotopic (exact) mass is 420 g/mol. The van der Waals surface area contributed by atoms with E-state index in [1.165, 1.54) is 0 Å². The maximum atomic E-state index is 13.3. The molecule has 0 bridgehead atoms. The minimum atomic E-state index is -3.73. The first kappa shape index (κ1) is 19.9. The van der Waals surface area contributed by atoms with Crippen molar-refractivity contribution in [3.05, 3.63) is 85.0 Å². The minimum Gasteiger partial charge on any atom is -0.296 e. The first-order valence-electron chi connectivity index (χ1n) is 9.39. The Balaban J connectivity index is 1.96. The molecule has 0 radical (unpaired) electrons. The summed E-state index contributed by atoms with van der Waals surface area (Å²) in [6.45, 7) is 8.03. The zero-order chi connectivity index (χ0) is 21.3. The topological polar surface area (TPSA) is 84.3 Å². The van der Waals surface area contributed by atoms with Gasteiger partial charge in [-0.05, 0) is 43.2 Å². The molecule has 2 aromatic carbocycles. The number of para-hydroxylation sites is 2. The van der Waals surface area contributed by atoms with Crippen LogP contribution in [-0.4, -0.2) is 23.3 Å². The van der Waals surface area contributed by atoms with E-state index >= 15 is 0 Å². The number of benzene rings is 2. The Hall–Kier alpha value is -3.36. The lowest BCUT2D eigenvalue weighted by molar-refractivity contribution is -0.686. The summed E-state index contributed by atoms with van der Waals surface area (Å²) in [6.07, 6.45) is 7.26. The van der Waals surface area contributed by atoms with Crippen LogP contribution in [0.3, 0.4) is 0 Å². The summed E-state index contributed by atoms with van der Waals surface area (Å²) in [5, 5.41) is 0. The van der Waals surface area contributed by atoms with Crippen LogP contribution < -0.4 is 4.57 Å². The van der Waals surface area contributed by atoms with Crippen LogP contribution in [0.2, 0.25) is 0 Å². The van der Waals surface area contributed by atoms with Gasteiger partial charge in [0.25, 0.3) is 12.1 Å². The number of imidazole rings is 1. The lowest BCUT2D eigenvalue weighted by Gasteiger charge is -2.09. The van der Waals surface area contributed by atoms with Crippen molar-refractivity contribution in [2.24, 2.45) is 4.36 Å². The molecule has 0 aliphatic rings. The number of rotatable bonds is 5. The van der Waals surface area contributed by atoms with E-state index in [2.05, 4.69) is 20.9 Å². The van der Waals surface area contributed by atoms with Gasteiger partial charge in [0.15, 0.2) is 10.0 Å². The van der Waals surface area contributed by atoms with Gasteiger partial charge in [0.05, 0.1) is 15.9 Å². The maximum absolute atomic E-state index is 13.3. The van der Waals surface area contributed by atoms with E-state index in [9.17, 15) is 8.76 Å². The third-order valence-corrected chi connectivity index (χ3v) is 6.08. The van der Waals surface area contributed by atoms with Crippen LogP contribution in [0.5, 0.6) is 0 Å². The summed E-state index contributed by atoms with van der Waals surface area (Å²) in [6, 6.07) is 12.8. The molecule has 4 aromatic rings. The number of nitrogens with zero attached hydrogens (tertiary/aromatic N) is 5. The van der Waals surface area contributed by atoms with Gasteiger partial charge in [0.2, 0.25) is 5.82 Å². The van der Waals surface area contributed by atoms with Crippen molar-refractivity contribution < 1.29 is 13.3 Å². The van der Waals surface area contributed by atoms with Crippen LogP contribution in [0.1, 0.15) is 11.1 Å². The van der Waals surface area contributed by atoms with E-state index < -0.39 is 10.0 Å². The van der Waals surface area contributed by atoms with Crippen LogP contribution in [0.25, 0.3) is 16.9 Å². The molecule has 2 heterocycles. The highest BCUT2D eigenvalue weighted by molar-refractivity contribution is 7.88. The van der Waals surface area contributed by atoms with E-state index in [0.29, 0.717) is 29.0 Å². The van der Waals surface area contributed by atoms with Crippen LogP contribution in [0.15, 0.2) is 83.1 Å². The third kappa shape index (κ3) is 3.87. The molecule has 8 heteroatoms. The molecule has 152 valence electrons. The van der Waals surface area contributed by atoms with Crippen LogP contribution >= 0.6 is 0 Å². The van der Waals surface area contributed by atoms with Crippen molar-refractivity contribution in [3.8, 4) is 5.82 Å². The molecule has 0 spiro atoms. The van der Waals surface area contributed by atoms with Gasteiger partial charge >= 0.3 is 0 Å². The number of aryl methyl sites for hydroxylation is 2. The molecule has 0 amide bonds. The second kappa shape index (κ2) is 7.81. The number of fused-ring (bicyclic) bond motifs is 1. The quantitative estimate of drug-likeness (QED) is 0.388. The maximum Gasteiger partial charge on any atom is 0.272 e. The van der Waals surface area contributed by atoms with E-state index in [1.807, 2.05) is 54.3 Å². The number of hydrogen-bond donors (Lipinski definition) is 1. The molecule has 0 fully saturated rings. The van der Waals surface area contributed by atoms with Crippen molar-refractivity contribution in [1.82, 2.24) is 14.5 Å². The fourth-order valence-electron chi connectivity index (χ4n) is 3.15. The summed E-state index contributed by atoms with van der Waals surface area (Å²) in [5.74, 6) is 0.479. The van der Waals surface area contributed by atoms with Crippen LogP contribution in [0, 0.1) is 13.8 Å². The van der Waals surface area contributed by atoms with Crippen molar-refractivity contribution >= 4 is 26.9 Å². The molecule has 0 saturated carbocycles. The van der Waals surface area contributed by atoms with E-state index in [1.54, 1.807) is 35.9 Å². The molecule has 0 aliphatic heterocycles. The predicted octanol–water partition coefficient (Wildman–Crippen LogP) is 4.14. The van der Waals surface area contributed by atoms with Gasteiger partial charge in [-0.15, -0.1) is 4.36 Å². The predicted molar refractivity (Wildman–Crippen MR) is 116 cm³/mol. The molecular formula is C22H22N5O2S+. The van der Waals surface area contributed by atoms with Crippen molar-refractivity contribution in [1.29, 1.82) is 0 Å². The molecule has 1 unspecified atom stereocenters. The lowest BCUT2D eigenvalue weighted by atomic mass is 10.2. The summed E-state index contributed by atoms with van der Waals surface area (Å²) < 4.78 is 31.9. The average molecular weight is 421 g/mol. The highest BCUT2D eigenvalue weighted by atomic mass is 32.2. The molecule has 2 aromatic heterocycles. The van der Waals surface area contributed by atoms with Crippen molar-refractivity contribution in [2.45, 2.75) is 25.3 Å². The Labute approximate surface area is 175 Å². The smallest absolute Gasteiger partial charge is 0.272 e. The van der Waals surface area contributed by atoms with Crippen LogP contribution in [-0.2, 0) is 16.6 Å². The van der Waals surface area contributed by atoms with Gasteiger partial charge < -0.3 is 0 Å². The summed E-state index contributed by atoms with van der Waals surface area (Å²) in [5.41, 5.74) is 2.85. The first-order chi connectivity index (χ1) is 14.4. The number of allylic oxidation sites excluding steroid dienone is 1. The SMILES string of the molecule is C=CC[n+]1ccn(-c2nc3ccccc3nc2N=S(=O)(O)c2cc(C)ccc2C)c1. The first-order valence-corrected chi connectivity index (χ1v) is 10.9. The highest BCUT2D eigenvalue weighted by Crippen LogP contribution is 2.27. The molecule has 1 atom stereocenters. The van der Waals surface area contributed by atoms with Gasteiger partial charge in [-0.2, -0.15) is 4.57 Å². The summed E-state index contributed by atoms with van der Waals surface area (Å²) in [4.78, 5) is 9.49. The van der Waals surface area contributed by atoms with Crippen molar-refractivity contribution in [2.75, 3.05) is 0 Å². The average Bonchev–Trinajstić information content (AvgIpc) is 3.17. The molecule has 0 aliphatic carbocycles. The van der Waals surface area contributed by atoms with Gasteiger partial charge in [0, 0.05) is 0 Å². The van der Waals surface area contributed by atoms with Crippen LogP contribution in [0.4, 0.5) is 5.82 Å². The Morgan fingerprint density at radius 2 is 1.93 bits per heavy atom. The second-order valence-corrected chi connectivity index (χ2v) is 8.64. The molecular weight excluding hydrogens is 398 g/mol. The fourth-order valence-corrected chi connectivity index (χ4v) is 4.43. The zero-order valence-corrected chi connectivity index (χ0v) is 17.6. The summed E-state index contributed by atoms with van der Waals surface area (Å²) >= 11 is 0. The lowest BCUT2D eigenvalue weighted by Crippen LogP contribution is -2.29. The second-order valence-electron chi connectivity index (χ2n) is 7.02. The van der Waals surface area contributed by atoms with Gasteiger partial charge in [-0.25, -0.2) is 18.7 Å². The Bertz CT molecular complexity index is 1380. The van der Waals surface area contributed by atoms with E-state index in [0.717, 1.165) is 5.56 Å². The summed E-state index contributed by atoms with van der Waals surface area (Å²) in [7, 11) is -3.73. The largest absolute Gasteiger partial charge is 0.296 e. The molecule has 30 heavy (non-hydrogen) atoms. The third-order valence-electron chi connectivity index (χ3n) is 4.65. The van der Waals surface area contributed by atoms with Crippen molar-refractivity contribution in [3.63, 3.8) is 0 Å². The molecule has 4 rings (SSSR count). The van der Waals surface area contributed by atoms with E-state index in [4.69, 9.17) is 0 Å². The standard InChI is InChI=1S/C22H21N5O2S/c1-4-11-26-12-13-27(15-26)22-21(23-18-7-5-6-8-19(18)24-22)25-30(28,29)20-14-16(2)9-10-17(20)3/h4-10,12-15H,1,11H2,2-3H3/p+1. The Morgan fingerprint density at radius 3 is 2.67 bits per heavy atom. The molecule has 1 N–H and O–H groups in total. The number of hydrogen-bond acceptors (Lipinski definition) is 4. The zero-order valence-electron chi connectivity index (χ0n) is 16.8. The fraction of sp³-hybridized carbons (Fsp3) is 0.136.